The molecular weight excluding hydrogens is 282 g/mol. The van der Waals surface area contributed by atoms with Crippen LogP contribution in [0.15, 0.2) is 12.1 Å². The molecule has 0 unspecified atom stereocenters. The Balaban J connectivity index is 1.68. The van der Waals surface area contributed by atoms with Crippen molar-refractivity contribution in [3.8, 4) is 0 Å². The van der Waals surface area contributed by atoms with Gasteiger partial charge in [0.05, 0.1) is 12.7 Å². The van der Waals surface area contributed by atoms with Crippen LogP contribution in [0.5, 0.6) is 0 Å². The van der Waals surface area contributed by atoms with E-state index < -0.39 is 0 Å². The van der Waals surface area contributed by atoms with Crippen molar-refractivity contribution in [2.24, 2.45) is 5.41 Å². The highest BCUT2D eigenvalue weighted by Crippen LogP contribution is 2.41. The summed E-state index contributed by atoms with van der Waals surface area (Å²) in [6.45, 7) is 10.2. The van der Waals surface area contributed by atoms with Gasteiger partial charge in [-0.15, -0.1) is 11.3 Å². The molecule has 0 radical (unpaired) electrons. The topological polar surface area (TPSA) is 21.7 Å². The van der Waals surface area contributed by atoms with Gasteiger partial charge in [-0.1, -0.05) is 0 Å². The fourth-order valence-corrected chi connectivity index (χ4v) is 4.76. The van der Waals surface area contributed by atoms with Crippen LogP contribution in [0.4, 0.5) is 0 Å². The van der Waals surface area contributed by atoms with Gasteiger partial charge in [0.25, 0.3) is 0 Å². The molecule has 0 saturated carbocycles. The Labute approximate surface area is 132 Å². The molecule has 0 spiro atoms. The van der Waals surface area contributed by atoms with E-state index >= 15 is 0 Å². The highest BCUT2D eigenvalue weighted by atomic mass is 32.1. The first kappa shape index (κ1) is 15.5. The summed E-state index contributed by atoms with van der Waals surface area (Å²) in [5.74, 6) is 0. The fourth-order valence-electron chi connectivity index (χ4n) is 3.82. The van der Waals surface area contributed by atoms with Crippen molar-refractivity contribution in [1.29, 1.82) is 0 Å². The predicted octanol–water partition coefficient (Wildman–Crippen LogP) is 3.46. The van der Waals surface area contributed by atoms with Gasteiger partial charge in [0.1, 0.15) is 0 Å². The van der Waals surface area contributed by atoms with E-state index in [0.29, 0.717) is 6.10 Å². The molecule has 3 heterocycles. The molecule has 1 aromatic rings. The maximum Gasteiger partial charge on any atom is 0.0677 e. The molecule has 0 amide bonds. The Kier molecular flexibility index (Phi) is 4.99. The minimum Gasteiger partial charge on any atom is -0.381 e. The molecule has 0 N–H and O–H groups in total. The van der Waals surface area contributed by atoms with Crippen LogP contribution in [0.25, 0.3) is 0 Å². The number of fused-ring (bicyclic) bond motifs is 1. The third-order valence-electron chi connectivity index (χ3n) is 4.84. The van der Waals surface area contributed by atoms with E-state index in [1.54, 1.807) is 0 Å². The number of ether oxygens (including phenoxy) is 2. The third kappa shape index (κ3) is 3.50. The van der Waals surface area contributed by atoms with Crippen LogP contribution in [-0.2, 0) is 16.0 Å². The van der Waals surface area contributed by atoms with Gasteiger partial charge in [0.2, 0.25) is 0 Å². The van der Waals surface area contributed by atoms with Gasteiger partial charge >= 0.3 is 0 Å². The minimum absolute atomic E-state index is 0.221. The van der Waals surface area contributed by atoms with E-state index in [0.717, 1.165) is 45.9 Å². The van der Waals surface area contributed by atoms with Crippen LogP contribution in [0.2, 0.25) is 0 Å². The molecule has 21 heavy (non-hydrogen) atoms. The van der Waals surface area contributed by atoms with Crippen molar-refractivity contribution in [2.75, 3.05) is 32.9 Å². The smallest absolute Gasteiger partial charge is 0.0677 e. The zero-order valence-electron chi connectivity index (χ0n) is 13.3. The van der Waals surface area contributed by atoms with Gasteiger partial charge in [0.15, 0.2) is 0 Å². The fraction of sp³-hybridized carbons (Fsp3) is 0.765. The number of hydrogen-bond donors (Lipinski definition) is 0. The van der Waals surface area contributed by atoms with Gasteiger partial charge in [-0.2, -0.15) is 0 Å². The molecule has 3 rings (SSSR count). The summed E-state index contributed by atoms with van der Waals surface area (Å²) >= 11 is 1.92. The van der Waals surface area contributed by atoms with Gasteiger partial charge < -0.3 is 9.47 Å². The predicted molar refractivity (Wildman–Crippen MR) is 86.9 cm³/mol. The molecule has 0 bridgehead atoms. The maximum atomic E-state index is 6.08. The summed E-state index contributed by atoms with van der Waals surface area (Å²) in [6.07, 6.45) is 3.98. The first-order chi connectivity index (χ1) is 10.2. The number of nitrogens with zero attached hydrogens (tertiary/aromatic N) is 1. The van der Waals surface area contributed by atoms with Crippen molar-refractivity contribution in [2.45, 2.75) is 45.8 Å². The number of thiophene rings is 1. The Bertz CT molecular complexity index is 461. The van der Waals surface area contributed by atoms with E-state index in [-0.39, 0.29) is 5.41 Å². The first-order valence-electron chi connectivity index (χ1n) is 8.19. The van der Waals surface area contributed by atoms with E-state index in [1.165, 1.54) is 22.6 Å². The SMILES string of the molecule is CCOC[C@@]12CCCO[C@@H]1CCN(Cc1ccc(C)s1)C2. The molecule has 2 atom stereocenters. The van der Waals surface area contributed by atoms with Crippen molar-refractivity contribution >= 4 is 11.3 Å². The van der Waals surface area contributed by atoms with E-state index in [9.17, 15) is 0 Å². The molecule has 0 aliphatic carbocycles. The molecular formula is C17H27NO2S. The summed E-state index contributed by atoms with van der Waals surface area (Å²) in [4.78, 5) is 5.49. The van der Waals surface area contributed by atoms with Crippen LogP contribution in [-0.4, -0.2) is 43.9 Å². The maximum absolute atomic E-state index is 6.08. The zero-order chi connectivity index (χ0) is 14.7. The second-order valence-corrected chi connectivity index (χ2v) is 7.85. The molecule has 1 aromatic heterocycles. The third-order valence-corrected chi connectivity index (χ3v) is 5.82. The Morgan fingerprint density at radius 1 is 1.48 bits per heavy atom. The van der Waals surface area contributed by atoms with Crippen LogP contribution in [0, 0.1) is 12.3 Å². The van der Waals surface area contributed by atoms with Gasteiger partial charge in [0, 0.05) is 48.0 Å². The summed E-state index contributed by atoms with van der Waals surface area (Å²) in [6, 6.07) is 4.51. The van der Waals surface area contributed by atoms with Crippen LogP contribution >= 0.6 is 11.3 Å². The summed E-state index contributed by atoms with van der Waals surface area (Å²) < 4.78 is 11.9. The van der Waals surface area contributed by atoms with Crippen molar-refractivity contribution < 1.29 is 9.47 Å². The van der Waals surface area contributed by atoms with Crippen molar-refractivity contribution in [3.05, 3.63) is 21.9 Å². The van der Waals surface area contributed by atoms with Crippen LogP contribution in [0.1, 0.15) is 35.9 Å². The molecule has 2 aliphatic rings. The lowest BCUT2D eigenvalue weighted by molar-refractivity contribution is -0.153. The zero-order valence-corrected chi connectivity index (χ0v) is 14.1. The highest BCUT2D eigenvalue weighted by Gasteiger charge is 2.46. The quantitative estimate of drug-likeness (QED) is 0.831. The number of rotatable bonds is 5. The molecule has 118 valence electrons. The van der Waals surface area contributed by atoms with E-state index in [4.69, 9.17) is 9.47 Å². The number of aryl methyl sites for hydroxylation is 1. The number of hydrogen-bond acceptors (Lipinski definition) is 4. The number of piperidine rings is 1. The van der Waals surface area contributed by atoms with E-state index in [1.807, 2.05) is 11.3 Å². The second kappa shape index (κ2) is 6.78. The molecule has 4 heteroatoms. The lowest BCUT2D eigenvalue weighted by Crippen LogP contribution is -2.56. The van der Waals surface area contributed by atoms with Gasteiger partial charge in [-0.25, -0.2) is 0 Å². The second-order valence-electron chi connectivity index (χ2n) is 6.47. The standard InChI is InChI=1S/C17H27NO2S/c1-3-19-13-17-8-4-10-20-16(17)7-9-18(12-17)11-15-6-5-14(2)21-15/h5-6,16H,3-4,7-13H2,1-2H3/t16-,17+/m1/s1. The molecule has 2 saturated heterocycles. The lowest BCUT2D eigenvalue weighted by Gasteiger charge is -2.50. The molecule has 3 nitrogen and oxygen atoms in total. The normalized spacial score (nSPS) is 30.3. The van der Waals surface area contributed by atoms with Crippen molar-refractivity contribution in [1.82, 2.24) is 4.90 Å². The molecule has 2 aliphatic heterocycles. The lowest BCUT2D eigenvalue weighted by atomic mass is 9.73. The van der Waals surface area contributed by atoms with Crippen molar-refractivity contribution in [3.63, 3.8) is 0 Å². The van der Waals surface area contributed by atoms with E-state index in [2.05, 4.69) is 30.9 Å². The van der Waals surface area contributed by atoms with Gasteiger partial charge in [-0.3, -0.25) is 4.90 Å². The first-order valence-corrected chi connectivity index (χ1v) is 9.00. The summed E-state index contributed by atoms with van der Waals surface area (Å²) in [5, 5.41) is 0. The monoisotopic (exact) mass is 309 g/mol. The summed E-state index contributed by atoms with van der Waals surface area (Å²) in [7, 11) is 0. The number of likely N-dealkylation sites (tertiary alicyclic amines) is 1. The highest BCUT2D eigenvalue weighted by molar-refractivity contribution is 7.11. The molecule has 2 fully saturated rings. The van der Waals surface area contributed by atoms with Gasteiger partial charge in [-0.05, 0) is 45.2 Å². The average molecular weight is 309 g/mol. The Morgan fingerprint density at radius 2 is 2.38 bits per heavy atom. The molecule has 0 aromatic carbocycles. The largest absolute Gasteiger partial charge is 0.381 e. The summed E-state index contributed by atoms with van der Waals surface area (Å²) in [5.41, 5.74) is 0.221. The minimum atomic E-state index is 0.221. The average Bonchev–Trinajstić information content (AvgIpc) is 2.90. The van der Waals surface area contributed by atoms with Crippen LogP contribution in [0.3, 0.4) is 0 Å². The Hall–Kier alpha value is -0.420. The Morgan fingerprint density at radius 3 is 3.14 bits per heavy atom. The van der Waals surface area contributed by atoms with Crippen LogP contribution < -0.4 is 0 Å².